The Hall–Kier alpha value is -1.22. The molecule has 0 unspecified atom stereocenters. The molecule has 15 heavy (non-hydrogen) atoms. The van der Waals surface area contributed by atoms with Gasteiger partial charge in [0, 0.05) is 19.6 Å². The molecular weight excluding hydrogens is 188 g/mol. The van der Waals surface area contributed by atoms with E-state index in [-0.39, 0.29) is 0 Å². The fourth-order valence-electron chi connectivity index (χ4n) is 2.10. The van der Waals surface area contributed by atoms with Gasteiger partial charge < -0.3 is 15.4 Å². The lowest BCUT2D eigenvalue weighted by Crippen LogP contribution is -2.50. The number of aryl methyl sites for hydroxylation is 1. The smallest absolute Gasteiger partial charge is 0.143 e. The Morgan fingerprint density at radius 1 is 1.27 bits per heavy atom. The van der Waals surface area contributed by atoms with E-state index in [4.69, 9.17) is 4.74 Å². The molecule has 0 atom stereocenters. The maximum atomic E-state index is 5.92. The Bertz CT molecular complexity index is 361. The summed E-state index contributed by atoms with van der Waals surface area (Å²) < 4.78 is 5.92. The number of nitrogens with one attached hydrogen (secondary N) is 2. The van der Waals surface area contributed by atoms with Gasteiger partial charge in [0.1, 0.15) is 11.9 Å². The minimum Gasteiger partial charge on any atom is -0.486 e. The zero-order valence-electron chi connectivity index (χ0n) is 8.75. The van der Waals surface area contributed by atoms with Gasteiger partial charge in [-0.15, -0.1) is 0 Å². The summed E-state index contributed by atoms with van der Waals surface area (Å²) in [5.41, 5.74) is 2.61. The Labute approximate surface area is 89.8 Å². The van der Waals surface area contributed by atoms with E-state index in [0.717, 1.165) is 25.4 Å². The number of ether oxygens (including phenoxy) is 1. The van der Waals surface area contributed by atoms with Gasteiger partial charge in [0.25, 0.3) is 0 Å². The molecule has 3 rings (SSSR count). The molecule has 0 radical (unpaired) electrons. The number of anilines is 1. The monoisotopic (exact) mass is 204 g/mol. The van der Waals surface area contributed by atoms with E-state index < -0.39 is 0 Å². The molecule has 2 N–H and O–H groups in total. The topological polar surface area (TPSA) is 33.3 Å². The van der Waals surface area contributed by atoms with Crippen molar-refractivity contribution in [1.82, 2.24) is 5.32 Å². The molecule has 0 amide bonds. The van der Waals surface area contributed by atoms with Crippen LogP contribution < -0.4 is 15.4 Å². The molecule has 3 heteroatoms. The van der Waals surface area contributed by atoms with Crippen LogP contribution in [0.3, 0.4) is 0 Å². The van der Waals surface area contributed by atoms with Gasteiger partial charge in [-0.2, -0.15) is 0 Å². The van der Waals surface area contributed by atoms with Crippen LogP contribution in [0.25, 0.3) is 0 Å². The third-order valence-electron chi connectivity index (χ3n) is 3.07. The fraction of sp³-hybridized carbons (Fsp3) is 0.500. The summed E-state index contributed by atoms with van der Waals surface area (Å²) in [5.74, 6) is 1.03. The summed E-state index contributed by atoms with van der Waals surface area (Å²) in [6.45, 7) is 3.02. The maximum Gasteiger partial charge on any atom is 0.143 e. The van der Waals surface area contributed by atoms with Gasteiger partial charge >= 0.3 is 0 Å². The van der Waals surface area contributed by atoms with Crippen LogP contribution >= 0.6 is 0 Å². The van der Waals surface area contributed by atoms with Gasteiger partial charge in [-0.1, -0.05) is 12.1 Å². The molecule has 1 aromatic rings. The molecule has 0 aliphatic carbocycles. The minimum absolute atomic E-state index is 0.361. The molecular formula is C12H16N2O. The summed E-state index contributed by atoms with van der Waals surface area (Å²) in [4.78, 5) is 0. The van der Waals surface area contributed by atoms with Crippen molar-refractivity contribution >= 4 is 5.69 Å². The van der Waals surface area contributed by atoms with E-state index in [1.807, 2.05) is 0 Å². The van der Waals surface area contributed by atoms with Gasteiger partial charge in [-0.05, 0) is 24.5 Å². The molecule has 2 aliphatic rings. The van der Waals surface area contributed by atoms with Crippen LogP contribution in [-0.2, 0) is 6.42 Å². The lowest BCUT2D eigenvalue weighted by Gasteiger charge is -2.30. The molecule has 3 nitrogen and oxygen atoms in total. The van der Waals surface area contributed by atoms with E-state index in [1.54, 1.807) is 0 Å². The Kier molecular flexibility index (Phi) is 2.25. The first-order chi connectivity index (χ1) is 7.43. The Morgan fingerprint density at radius 2 is 2.20 bits per heavy atom. The Balaban J connectivity index is 1.85. The SMILES string of the molecule is c1cc2c(c(OC3CNC3)c1)NCCC2. The molecule has 0 bridgehead atoms. The molecule has 0 saturated carbocycles. The second-order valence-electron chi connectivity index (χ2n) is 4.22. The molecule has 0 aromatic heterocycles. The molecule has 2 aliphatic heterocycles. The van der Waals surface area contributed by atoms with Gasteiger partial charge in [-0.3, -0.25) is 0 Å². The highest BCUT2D eigenvalue weighted by atomic mass is 16.5. The maximum absolute atomic E-state index is 5.92. The first-order valence-corrected chi connectivity index (χ1v) is 5.66. The average Bonchev–Trinajstić information content (AvgIpc) is 2.23. The highest BCUT2D eigenvalue weighted by molar-refractivity contribution is 5.63. The Morgan fingerprint density at radius 3 is 3.00 bits per heavy atom. The van der Waals surface area contributed by atoms with Crippen molar-refractivity contribution in [2.75, 3.05) is 25.0 Å². The van der Waals surface area contributed by atoms with E-state index in [2.05, 4.69) is 28.8 Å². The lowest BCUT2D eigenvalue weighted by molar-refractivity contribution is 0.143. The molecule has 0 spiro atoms. The van der Waals surface area contributed by atoms with Crippen LogP contribution in [0.15, 0.2) is 18.2 Å². The van der Waals surface area contributed by atoms with Crippen molar-refractivity contribution in [3.63, 3.8) is 0 Å². The predicted molar refractivity (Wildman–Crippen MR) is 60.5 cm³/mol. The number of para-hydroxylation sites is 1. The largest absolute Gasteiger partial charge is 0.486 e. The van der Waals surface area contributed by atoms with Crippen molar-refractivity contribution in [3.05, 3.63) is 23.8 Å². The van der Waals surface area contributed by atoms with E-state index >= 15 is 0 Å². The first kappa shape index (κ1) is 9.04. The quantitative estimate of drug-likeness (QED) is 0.764. The number of hydrogen-bond donors (Lipinski definition) is 2. The number of hydrogen-bond acceptors (Lipinski definition) is 3. The van der Waals surface area contributed by atoms with Crippen molar-refractivity contribution in [1.29, 1.82) is 0 Å². The van der Waals surface area contributed by atoms with Crippen molar-refractivity contribution < 1.29 is 4.74 Å². The lowest BCUT2D eigenvalue weighted by atomic mass is 10.0. The third-order valence-corrected chi connectivity index (χ3v) is 3.07. The normalized spacial score (nSPS) is 20.0. The van der Waals surface area contributed by atoms with Crippen LogP contribution in [-0.4, -0.2) is 25.7 Å². The summed E-state index contributed by atoms with van der Waals surface area (Å²) in [5, 5.41) is 6.66. The van der Waals surface area contributed by atoms with E-state index in [9.17, 15) is 0 Å². The third kappa shape index (κ3) is 1.67. The minimum atomic E-state index is 0.361. The standard InChI is InChI=1S/C12H16N2O/c1-3-9-4-2-6-14-12(9)11(5-1)15-10-7-13-8-10/h1,3,5,10,13-14H,2,4,6-8H2. The van der Waals surface area contributed by atoms with Crippen LogP contribution in [0.1, 0.15) is 12.0 Å². The highest BCUT2D eigenvalue weighted by Gasteiger charge is 2.21. The molecule has 2 heterocycles. The van der Waals surface area contributed by atoms with Crippen molar-refractivity contribution in [3.8, 4) is 5.75 Å². The van der Waals surface area contributed by atoms with Crippen LogP contribution in [0.2, 0.25) is 0 Å². The van der Waals surface area contributed by atoms with Gasteiger partial charge in [0.2, 0.25) is 0 Å². The predicted octanol–water partition coefficient (Wildman–Crippen LogP) is 1.40. The first-order valence-electron chi connectivity index (χ1n) is 5.66. The van der Waals surface area contributed by atoms with Gasteiger partial charge in [-0.25, -0.2) is 0 Å². The van der Waals surface area contributed by atoms with Gasteiger partial charge in [0.05, 0.1) is 5.69 Å². The molecule has 1 aromatic carbocycles. The number of benzene rings is 1. The second-order valence-corrected chi connectivity index (χ2v) is 4.22. The summed E-state index contributed by atoms with van der Waals surface area (Å²) in [7, 11) is 0. The van der Waals surface area contributed by atoms with Crippen LogP contribution in [0, 0.1) is 0 Å². The summed E-state index contributed by atoms with van der Waals surface area (Å²) >= 11 is 0. The van der Waals surface area contributed by atoms with E-state index in [0.29, 0.717) is 6.10 Å². The number of fused-ring (bicyclic) bond motifs is 1. The zero-order chi connectivity index (χ0) is 10.1. The second kappa shape index (κ2) is 3.74. The average molecular weight is 204 g/mol. The van der Waals surface area contributed by atoms with Crippen molar-refractivity contribution in [2.24, 2.45) is 0 Å². The molecule has 1 saturated heterocycles. The molecule has 1 fully saturated rings. The zero-order valence-corrected chi connectivity index (χ0v) is 8.75. The number of rotatable bonds is 2. The van der Waals surface area contributed by atoms with Crippen molar-refractivity contribution in [2.45, 2.75) is 18.9 Å². The molecule has 80 valence electrons. The van der Waals surface area contributed by atoms with Crippen LogP contribution in [0.4, 0.5) is 5.69 Å². The van der Waals surface area contributed by atoms with Gasteiger partial charge in [0.15, 0.2) is 0 Å². The van der Waals surface area contributed by atoms with Crippen LogP contribution in [0.5, 0.6) is 5.75 Å². The summed E-state index contributed by atoms with van der Waals surface area (Å²) in [6.07, 6.45) is 2.75. The summed E-state index contributed by atoms with van der Waals surface area (Å²) in [6, 6.07) is 6.34. The van der Waals surface area contributed by atoms with E-state index in [1.165, 1.54) is 24.1 Å². The fourth-order valence-corrected chi connectivity index (χ4v) is 2.10. The highest BCUT2D eigenvalue weighted by Crippen LogP contribution is 2.32.